The van der Waals surface area contributed by atoms with Gasteiger partial charge < -0.3 is 19.4 Å². The predicted octanol–water partition coefficient (Wildman–Crippen LogP) is 5.65. The van der Waals surface area contributed by atoms with Gasteiger partial charge in [0.1, 0.15) is 12.4 Å². The summed E-state index contributed by atoms with van der Waals surface area (Å²) in [7, 11) is 0. The maximum atomic E-state index is 14.6. The van der Waals surface area contributed by atoms with Crippen LogP contribution in [0.15, 0.2) is 97.3 Å². The fourth-order valence-electron chi connectivity index (χ4n) is 6.57. The minimum atomic E-state index is -0.145. The van der Waals surface area contributed by atoms with Gasteiger partial charge in [-0.1, -0.05) is 54.6 Å². The number of likely N-dealkylation sites (tertiary alicyclic amines) is 1. The molecule has 0 saturated carbocycles. The molecular weight excluding hydrogens is 602 g/mol. The lowest BCUT2D eigenvalue weighted by Crippen LogP contribution is -2.38. The Morgan fingerprint density at radius 2 is 1.67 bits per heavy atom. The number of para-hydroxylation sites is 1. The monoisotopic (exact) mass is 645 g/mol. The molecule has 2 aliphatic rings. The van der Waals surface area contributed by atoms with Crippen molar-refractivity contribution in [2.45, 2.75) is 39.3 Å². The van der Waals surface area contributed by atoms with Crippen molar-refractivity contribution < 1.29 is 19.1 Å². The fraction of sp³-hybridized carbons (Fsp3) is 0.333. The Morgan fingerprint density at radius 3 is 2.44 bits per heavy atom. The lowest BCUT2D eigenvalue weighted by Gasteiger charge is -2.29. The summed E-state index contributed by atoms with van der Waals surface area (Å²) in [4.78, 5) is 52.0. The van der Waals surface area contributed by atoms with E-state index in [1.807, 2.05) is 81.6 Å². The molecule has 248 valence electrons. The number of benzene rings is 3. The predicted molar refractivity (Wildman–Crippen MR) is 187 cm³/mol. The zero-order valence-corrected chi connectivity index (χ0v) is 27.6. The first kappa shape index (κ1) is 32.9. The van der Waals surface area contributed by atoms with Crippen LogP contribution in [0.5, 0.6) is 5.75 Å². The number of carbonyl (C=O) groups is 3. The van der Waals surface area contributed by atoms with Crippen LogP contribution >= 0.6 is 0 Å². The molecule has 0 radical (unpaired) electrons. The van der Waals surface area contributed by atoms with Gasteiger partial charge in [0.15, 0.2) is 0 Å². The molecule has 3 aromatic carbocycles. The van der Waals surface area contributed by atoms with Gasteiger partial charge in [0.05, 0.1) is 12.1 Å². The van der Waals surface area contributed by atoms with Gasteiger partial charge in [-0.15, -0.1) is 0 Å². The molecule has 0 N–H and O–H groups in total. The molecule has 0 spiro atoms. The fourth-order valence-corrected chi connectivity index (χ4v) is 6.57. The number of rotatable bonds is 8. The minimum Gasteiger partial charge on any atom is -0.491 e. The van der Waals surface area contributed by atoms with Crippen molar-refractivity contribution in [2.75, 3.05) is 50.8 Å². The number of amides is 3. The third kappa shape index (κ3) is 8.09. The molecule has 2 aliphatic heterocycles. The van der Waals surface area contributed by atoms with Crippen LogP contribution in [0.4, 0.5) is 5.69 Å². The zero-order chi connectivity index (χ0) is 33.3. The van der Waals surface area contributed by atoms with E-state index in [-0.39, 0.29) is 17.7 Å². The molecule has 3 heterocycles. The van der Waals surface area contributed by atoms with Crippen molar-refractivity contribution >= 4 is 23.4 Å². The molecule has 9 heteroatoms. The number of anilines is 1. The number of carbonyl (C=O) groups excluding carboxylic acids is 3. The maximum Gasteiger partial charge on any atom is 0.257 e. The number of aromatic nitrogens is 1. The number of pyridine rings is 1. The van der Waals surface area contributed by atoms with E-state index >= 15 is 0 Å². The normalized spacial score (nSPS) is 15.9. The number of hydrogen-bond donors (Lipinski definition) is 0. The topological polar surface area (TPSA) is 86.3 Å². The SMILES string of the molecule is CC(=O)N1CCCN(Cc2ccccc2)CCN(C(=O)c2ccccc2OCCN2CCCC2=O)Cc2cc(-c3cccnc3)ccc21. The Morgan fingerprint density at radius 1 is 0.833 bits per heavy atom. The van der Waals surface area contributed by atoms with E-state index in [0.29, 0.717) is 57.1 Å². The van der Waals surface area contributed by atoms with Gasteiger partial charge in [0.2, 0.25) is 11.8 Å². The Labute approximate surface area is 282 Å². The summed E-state index contributed by atoms with van der Waals surface area (Å²) in [6.07, 6.45) is 5.81. The van der Waals surface area contributed by atoms with Crippen molar-refractivity contribution in [2.24, 2.45) is 0 Å². The Hall–Kier alpha value is -5.02. The van der Waals surface area contributed by atoms with Crippen LogP contribution in [0, 0.1) is 0 Å². The first-order valence-corrected chi connectivity index (χ1v) is 16.8. The molecule has 4 aromatic rings. The second kappa shape index (κ2) is 15.7. The number of fused-ring (bicyclic) bond motifs is 1. The highest BCUT2D eigenvalue weighted by atomic mass is 16.5. The molecule has 1 fully saturated rings. The third-order valence-electron chi connectivity index (χ3n) is 9.09. The molecule has 0 unspecified atom stereocenters. The van der Waals surface area contributed by atoms with E-state index in [4.69, 9.17) is 4.74 Å². The lowest BCUT2D eigenvalue weighted by molar-refractivity contribution is -0.128. The quantitative estimate of drug-likeness (QED) is 0.246. The summed E-state index contributed by atoms with van der Waals surface area (Å²) >= 11 is 0. The Balaban J connectivity index is 1.33. The highest BCUT2D eigenvalue weighted by Gasteiger charge is 2.26. The molecule has 0 bridgehead atoms. The van der Waals surface area contributed by atoms with Gasteiger partial charge in [0, 0.05) is 77.2 Å². The molecule has 0 atom stereocenters. The van der Waals surface area contributed by atoms with Crippen LogP contribution < -0.4 is 9.64 Å². The summed E-state index contributed by atoms with van der Waals surface area (Å²) in [6.45, 7) is 6.70. The summed E-state index contributed by atoms with van der Waals surface area (Å²) in [5.41, 5.74) is 5.31. The van der Waals surface area contributed by atoms with Crippen molar-refractivity contribution in [1.29, 1.82) is 0 Å². The van der Waals surface area contributed by atoms with E-state index < -0.39 is 0 Å². The zero-order valence-electron chi connectivity index (χ0n) is 27.6. The largest absolute Gasteiger partial charge is 0.491 e. The van der Waals surface area contributed by atoms with Crippen LogP contribution in [0.2, 0.25) is 0 Å². The van der Waals surface area contributed by atoms with Crippen LogP contribution in [-0.2, 0) is 22.7 Å². The second-order valence-corrected chi connectivity index (χ2v) is 12.4. The standard InChI is InChI=1S/C39H43N5O4/c1-30(45)44-21-9-19-41(28-31-10-3-2-4-11-31)22-23-43(29-34-26-32(16-17-36(34)44)33-12-7-18-40-27-33)39(47)35-13-5-6-14-37(35)48-25-24-42-20-8-15-38(42)46/h2-7,10-14,16-18,26-27H,8-9,15,19-25,28-29H2,1H3. The highest BCUT2D eigenvalue weighted by molar-refractivity contribution is 5.97. The maximum absolute atomic E-state index is 14.6. The number of nitrogens with zero attached hydrogens (tertiary/aromatic N) is 5. The van der Waals surface area contributed by atoms with E-state index in [1.54, 1.807) is 19.2 Å². The summed E-state index contributed by atoms with van der Waals surface area (Å²) < 4.78 is 6.16. The van der Waals surface area contributed by atoms with Crippen LogP contribution in [-0.4, -0.2) is 83.3 Å². The Bertz CT molecular complexity index is 1710. The lowest BCUT2D eigenvalue weighted by atomic mass is 10.0. The molecule has 48 heavy (non-hydrogen) atoms. The van der Waals surface area contributed by atoms with Gasteiger partial charge in [-0.25, -0.2) is 0 Å². The molecular formula is C39H43N5O4. The van der Waals surface area contributed by atoms with Gasteiger partial charge in [-0.2, -0.15) is 0 Å². The first-order chi connectivity index (χ1) is 23.5. The second-order valence-electron chi connectivity index (χ2n) is 12.4. The van der Waals surface area contributed by atoms with Crippen molar-refractivity contribution in [1.82, 2.24) is 19.7 Å². The summed E-state index contributed by atoms with van der Waals surface area (Å²) in [5.74, 6) is 0.468. The van der Waals surface area contributed by atoms with Gasteiger partial charge in [-0.3, -0.25) is 24.3 Å². The third-order valence-corrected chi connectivity index (χ3v) is 9.09. The summed E-state index contributed by atoms with van der Waals surface area (Å²) in [6, 6.07) is 27.7. The molecule has 6 rings (SSSR count). The van der Waals surface area contributed by atoms with Crippen LogP contribution in [0.25, 0.3) is 11.1 Å². The van der Waals surface area contributed by atoms with Crippen molar-refractivity contribution in [3.05, 3.63) is 114 Å². The molecule has 1 saturated heterocycles. The molecule has 3 amide bonds. The van der Waals surface area contributed by atoms with Crippen LogP contribution in [0.1, 0.15) is 47.7 Å². The number of hydrogen-bond acceptors (Lipinski definition) is 6. The molecule has 9 nitrogen and oxygen atoms in total. The van der Waals surface area contributed by atoms with Crippen molar-refractivity contribution in [3.63, 3.8) is 0 Å². The van der Waals surface area contributed by atoms with Gasteiger partial charge >= 0.3 is 0 Å². The smallest absolute Gasteiger partial charge is 0.257 e. The van der Waals surface area contributed by atoms with E-state index in [0.717, 1.165) is 54.9 Å². The average Bonchev–Trinajstić information content (AvgIpc) is 3.51. The number of ether oxygens (including phenoxy) is 1. The van der Waals surface area contributed by atoms with E-state index in [2.05, 4.69) is 28.1 Å². The highest BCUT2D eigenvalue weighted by Crippen LogP contribution is 2.31. The molecule has 1 aromatic heterocycles. The molecule has 0 aliphatic carbocycles. The van der Waals surface area contributed by atoms with Crippen LogP contribution in [0.3, 0.4) is 0 Å². The van der Waals surface area contributed by atoms with E-state index in [9.17, 15) is 14.4 Å². The first-order valence-electron chi connectivity index (χ1n) is 16.8. The Kier molecular flexibility index (Phi) is 10.8. The van der Waals surface area contributed by atoms with Crippen molar-refractivity contribution in [3.8, 4) is 16.9 Å². The minimum absolute atomic E-state index is 0.0349. The van der Waals surface area contributed by atoms with Gasteiger partial charge in [-0.05, 0) is 65.4 Å². The van der Waals surface area contributed by atoms with E-state index in [1.165, 1.54) is 5.56 Å². The summed E-state index contributed by atoms with van der Waals surface area (Å²) in [5, 5.41) is 0. The average molecular weight is 646 g/mol. The van der Waals surface area contributed by atoms with Gasteiger partial charge in [0.25, 0.3) is 5.91 Å².